The number of hydrogen-bond donors (Lipinski definition) is 4. The lowest BCUT2D eigenvalue weighted by Crippen LogP contribution is -2.06. The minimum absolute atomic E-state index is 0.0193. The molecule has 0 unspecified atom stereocenters. The highest BCUT2D eigenvalue weighted by Crippen LogP contribution is 2.41. The molecule has 6 heteroatoms. The minimum Gasteiger partial charge on any atom is -0.508 e. The number of rotatable bonds is 5. The molecule has 0 bridgehead atoms. The summed E-state index contributed by atoms with van der Waals surface area (Å²) in [7, 11) is 0. The second kappa shape index (κ2) is 8.60. The van der Waals surface area contributed by atoms with Gasteiger partial charge < -0.3 is 24.8 Å². The van der Waals surface area contributed by atoms with E-state index < -0.39 is 11.2 Å². The molecule has 0 spiro atoms. The Morgan fingerprint density at radius 2 is 1.52 bits per heavy atom. The summed E-state index contributed by atoms with van der Waals surface area (Å²) < 4.78 is 5.48. The molecule has 0 saturated carbocycles. The van der Waals surface area contributed by atoms with Gasteiger partial charge in [0.25, 0.3) is 0 Å². The molecule has 0 fully saturated rings. The first-order valence-electron chi connectivity index (χ1n) is 9.91. The van der Waals surface area contributed by atoms with Crippen LogP contribution in [0.15, 0.2) is 57.0 Å². The molecule has 0 atom stereocenters. The molecule has 31 heavy (non-hydrogen) atoms. The monoisotopic (exact) mass is 422 g/mol. The van der Waals surface area contributed by atoms with Gasteiger partial charge in [0.05, 0.1) is 5.56 Å². The Labute approximate surface area is 180 Å². The molecule has 3 aromatic rings. The lowest BCUT2D eigenvalue weighted by atomic mass is 9.93. The van der Waals surface area contributed by atoms with E-state index in [4.69, 9.17) is 4.42 Å². The summed E-state index contributed by atoms with van der Waals surface area (Å²) in [6, 6.07) is 3.85. The van der Waals surface area contributed by atoms with Gasteiger partial charge in [0.15, 0.2) is 0 Å². The molecule has 0 amide bonds. The van der Waals surface area contributed by atoms with E-state index in [1.165, 1.54) is 12.3 Å². The van der Waals surface area contributed by atoms with Gasteiger partial charge in [-0.05, 0) is 52.2 Å². The van der Waals surface area contributed by atoms with Gasteiger partial charge in [-0.1, -0.05) is 23.3 Å². The van der Waals surface area contributed by atoms with Crippen LogP contribution in [0.1, 0.15) is 38.8 Å². The summed E-state index contributed by atoms with van der Waals surface area (Å²) in [6.45, 7) is 7.72. The zero-order valence-corrected chi connectivity index (χ0v) is 18.0. The van der Waals surface area contributed by atoms with E-state index in [1.807, 2.05) is 39.8 Å². The molecular formula is C25H26O6. The fourth-order valence-corrected chi connectivity index (χ4v) is 3.36. The SMILES string of the molecule is CC(C)=CCc1cc(-c2coc3cc(O)cc(O)c3c2=O)c(O)c(CC=C(C)C)c1O. The van der Waals surface area contributed by atoms with Crippen molar-refractivity contribution in [2.24, 2.45) is 0 Å². The maximum Gasteiger partial charge on any atom is 0.204 e. The summed E-state index contributed by atoms with van der Waals surface area (Å²) in [4.78, 5) is 13.2. The summed E-state index contributed by atoms with van der Waals surface area (Å²) in [6.07, 6.45) is 5.71. The van der Waals surface area contributed by atoms with E-state index in [1.54, 1.807) is 6.07 Å². The number of benzene rings is 2. The van der Waals surface area contributed by atoms with E-state index in [0.29, 0.717) is 17.5 Å². The van der Waals surface area contributed by atoms with Crippen molar-refractivity contribution in [3.8, 4) is 34.1 Å². The topological polar surface area (TPSA) is 111 Å². The molecule has 0 radical (unpaired) electrons. The first-order chi connectivity index (χ1) is 14.6. The Balaban J connectivity index is 2.32. The largest absolute Gasteiger partial charge is 0.508 e. The summed E-state index contributed by atoms with van der Waals surface area (Å²) in [5.41, 5.74) is 2.67. The first-order valence-corrected chi connectivity index (χ1v) is 9.91. The molecule has 6 nitrogen and oxygen atoms in total. The molecule has 0 aliphatic rings. The van der Waals surface area contributed by atoms with Crippen molar-refractivity contribution in [1.29, 1.82) is 0 Å². The standard InChI is InChI=1S/C25H26O6/c1-13(2)5-7-15-9-18(24(29)17(23(15)28)8-6-14(3)4)19-12-31-21-11-16(26)10-20(27)22(21)25(19)30/h5-6,9-12,26-29H,7-8H2,1-4H3. The van der Waals surface area contributed by atoms with Gasteiger partial charge in [0, 0.05) is 23.3 Å². The van der Waals surface area contributed by atoms with Crippen molar-refractivity contribution in [3.63, 3.8) is 0 Å². The molecule has 1 aromatic heterocycles. The van der Waals surface area contributed by atoms with Crippen LogP contribution in [0.2, 0.25) is 0 Å². The Hall–Kier alpha value is -3.67. The maximum atomic E-state index is 13.2. The molecule has 0 saturated heterocycles. The van der Waals surface area contributed by atoms with Gasteiger partial charge in [-0.2, -0.15) is 0 Å². The normalized spacial score (nSPS) is 10.8. The predicted octanol–water partition coefficient (Wildman–Crippen LogP) is 5.30. The van der Waals surface area contributed by atoms with E-state index in [-0.39, 0.29) is 45.8 Å². The van der Waals surface area contributed by atoms with Crippen molar-refractivity contribution in [1.82, 2.24) is 0 Å². The number of allylic oxidation sites excluding steroid dienone is 4. The fraction of sp³-hybridized carbons (Fsp3) is 0.240. The summed E-state index contributed by atoms with van der Waals surface area (Å²) in [5.74, 6) is -0.894. The molecule has 4 N–H and O–H groups in total. The number of hydrogen-bond acceptors (Lipinski definition) is 6. The van der Waals surface area contributed by atoms with Gasteiger partial charge >= 0.3 is 0 Å². The van der Waals surface area contributed by atoms with Crippen molar-refractivity contribution in [3.05, 3.63) is 69.1 Å². The van der Waals surface area contributed by atoms with E-state index in [0.717, 1.165) is 17.2 Å². The Kier molecular flexibility index (Phi) is 6.11. The molecule has 162 valence electrons. The van der Waals surface area contributed by atoms with Gasteiger partial charge in [-0.15, -0.1) is 0 Å². The van der Waals surface area contributed by atoms with Crippen LogP contribution in [0.5, 0.6) is 23.0 Å². The lowest BCUT2D eigenvalue weighted by Gasteiger charge is -2.15. The summed E-state index contributed by atoms with van der Waals surface area (Å²) in [5, 5.41) is 41.5. The van der Waals surface area contributed by atoms with Gasteiger partial charge in [0.2, 0.25) is 5.43 Å². The fourth-order valence-electron chi connectivity index (χ4n) is 3.36. The van der Waals surface area contributed by atoms with Crippen molar-refractivity contribution in [2.75, 3.05) is 0 Å². The van der Waals surface area contributed by atoms with Crippen molar-refractivity contribution >= 4 is 11.0 Å². The van der Waals surface area contributed by atoms with Crippen LogP contribution in [0, 0.1) is 0 Å². The Morgan fingerprint density at radius 3 is 2.16 bits per heavy atom. The Morgan fingerprint density at radius 1 is 0.871 bits per heavy atom. The molecule has 3 rings (SSSR count). The minimum atomic E-state index is -0.555. The molecule has 0 aliphatic heterocycles. The second-order valence-electron chi connectivity index (χ2n) is 8.05. The van der Waals surface area contributed by atoms with Crippen LogP contribution in [0.25, 0.3) is 22.1 Å². The highest BCUT2D eigenvalue weighted by Gasteiger charge is 2.21. The third-order valence-corrected chi connectivity index (χ3v) is 5.03. The highest BCUT2D eigenvalue weighted by atomic mass is 16.3. The maximum absolute atomic E-state index is 13.2. The zero-order chi connectivity index (χ0) is 22.9. The van der Waals surface area contributed by atoms with Crippen molar-refractivity contribution in [2.45, 2.75) is 40.5 Å². The zero-order valence-electron chi connectivity index (χ0n) is 18.0. The van der Waals surface area contributed by atoms with Crippen LogP contribution in [-0.2, 0) is 12.8 Å². The van der Waals surface area contributed by atoms with Crippen LogP contribution in [0.4, 0.5) is 0 Å². The van der Waals surface area contributed by atoms with Crippen LogP contribution in [-0.4, -0.2) is 20.4 Å². The van der Waals surface area contributed by atoms with Gasteiger partial charge in [-0.25, -0.2) is 0 Å². The lowest BCUT2D eigenvalue weighted by molar-refractivity contribution is 0.438. The molecule has 1 heterocycles. The van der Waals surface area contributed by atoms with E-state index in [2.05, 4.69) is 0 Å². The number of aromatic hydroxyl groups is 4. The predicted molar refractivity (Wildman–Crippen MR) is 121 cm³/mol. The average molecular weight is 422 g/mol. The number of phenolic OH excluding ortho intramolecular Hbond substituents is 4. The number of phenols is 4. The molecular weight excluding hydrogens is 396 g/mol. The van der Waals surface area contributed by atoms with Crippen LogP contribution in [0.3, 0.4) is 0 Å². The quantitative estimate of drug-likeness (QED) is 0.415. The van der Waals surface area contributed by atoms with Crippen LogP contribution >= 0.6 is 0 Å². The van der Waals surface area contributed by atoms with E-state index >= 15 is 0 Å². The highest BCUT2D eigenvalue weighted by molar-refractivity contribution is 5.89. The smallest absolute Gasteiger partial charge is 0.204 e. The van der Waals surface area contributed by atoms with Crippen LogP contribution < -0.4 is 5.43 Å². The number of fused-ring (bicyclic) bond motifs is 1. The summed E-state index contributed by atoms with van der Waals surface area (Å²) >= 11 is 0. The molecule has 0 aliphatic carbocycles. The second-order valence-corrected chi connectivity index (χ2v) is 8.05. The average Bonchev–Trinajstić information content (AvgIpc) is 2.67. The third kappa shape index (κ3) is 4.43. The van der Waals surface area contributed by atoms with Gasteiger partial charge in [0.1, 0.15) is 40.2 Å². The van der Waals surface area contributed by atoms with Gasteiger partial charge in [-0.3, -0.25) is 4.79 Å². The molecule has 2 aromatic carbocycles. The first kappa shape index (κ1) is 22.0. The van der Waals surface area contributed by atoms with Crippen molar-refractivity contribution < 1.29 is 24.8 Å². The van der Waals surface area contributed by atoms with E-state index in [9.17, 15) is 25.2 Å². The third-order valence-electron chi connectivity index (χ3n) is 5.03. The Bertz CT molecular complexity index is 1270.